The van der Waals surface area contributed by atoms with Crippen molar-refractivity contribution in [1.29, 1.82) is 0 Å². The Hall–Kier alpha value is 0.170. The predicted molar refractivity (Wildman–Crippen MR) is 64.7 cm³/mol. The second-order valence-electron chi connectivity index (χ2n) is 4.33. The lowest BCUT2D eigenvalue weighted by molar-refractivity contribution is 0.0688. The number of alkyl halides is 1. The number of hydrogen-bond acceptors (Lipinski definition) is 3. The summed E-state index contributed by atoms with van der Waals surface area (Å²) < 4.78 is 10.4. The van der Waals surface area contributed by atoms with Gasteiger partial charge in [-0.05, 0) is 27.3 Å². The molecule has 0 aromatic carbocycles. The number of methoxy groups -OCH3 is 1. The summed E-state index contributed by atoms with van der Waals surface area (Å²) in [6.45, 7) is 7.45. The lowest BCUT2D eigenvalue weighted by atomic mass is 10.1. The Morgan fingerprint density at radius 1 is 1.20 bits per heavy atom. The molecule has 0 saturated heterocycles. The van der Waals surface area contributed by atoms with Crippen molar-refractivity contribution in [2.75, 3.05) is 46.4 Å². The van der Waals surface area contributed by atoms with E-state index in [-0.39, 0.29) is 5.54 Å². The van der Waals surface area contributed by atoms with Crippen molar-refractivity contribution in [1.82, 2.24) is 4.90 Å². The van der Waals surface area contributed by atoms with E-state index in [4.69, 9.17) is 21.1 Å². The van der Waals surface area contributed by atoms with Crippen LogP contribution in [-0.2, 0) is 9.47 Å². The number of nitrogens with zero attached hydrogens (tertiary/aromatic N) is 1. The van der Waals surface area contributed by atoms with Crippen LogP contribution in [0.3, 0.4) is 0 Å². The van der Waals surface area contributed by atoms with Gasteiger partial charge in [0.15, 0.2) is 0 Å². The molecule has 0 rings (SSSR count). The van der Waals surface area contributed by atoms with Crippen molar-refractivity contribution in [2.45, 2.75) is 25.8 Å². The highest BCUT2D eigenvalue weighted by Gasteiger charge is 2.21. The molecule has 0 heterocycles. The van der Waals surface area contributed by atoms with E-state index in [9.17, 15) is 0 Å². The van der Waals surface area contributed by atoms with Crippen LogP contribution in [0, 0.1) is 0 Å². The zero-order chi connectivity index (χ0) is 11.7. The number of halogens is 1. The van der Waals surface area contributed by atoms with Gasteiger partial charge in [0.05, 0.1) is 6.61 Å². The van der Waals surface area contributed by atoms with Gasteiger partial charge in [0.1, 0.15) is 0 Å². The van der Waals surface area contributed by atoms with Crippen LogP contribution in [0.2, 0.25) is 0 Å². The molecule has 0 N–H and O–H groups in total. The summed E-state index contributed by atoms with van der Waals surface area (Å²) in [6.07, 6.45) is 0.957. The zero-order valence-electron chi connectivity index (χ0n) is 10.4. The molecule has 92 valence electrons. The maximum atomic E-state index is 5.87. The molecule has 0 aliphatic heterocycles. The first-order valence-electron chi connectivity index (χ1n) is 5.38. The van der Waals surface area contributed by atoms with Gasteiger partial charge >= 0.3 is 0 Å². The topological polar surface area (TPSA) is 21.7 Å². The molecule has 0 aliphatic rings. The van der Waals surface area contributed by atoms with Crippen molar-refractivity contribution >= 4 is 11.6 Å². The van der Waals surface area contributed by atoms with Crippen molar-refractivity contribution in [3.8, 4) is 0 Å². The fraction of sp³-hybridized carbons (Fsp3) is 1.00. The third-order valence-electron chi connectivity index (χ3n) is 2.57. The fourth-order valence-corrected chi connectivity index (χ4v) is 1.22. The van der Waals surface area contributed by atoms with Gasteiger partial charge in [0.2, 0.25) is 0 Å². The summed E-state index contributed by atoms with van der Waals surface area (Å²) in [5.41, 5.74) is 0.0391. The summed E-state index contributed by atoms with van der Waals surface area (Å²) in [7, 11) is 3.78. The Kier molecular flexibility index (Phi) is 8.43. The highest BCUT2D eigenvalue weighted by Crippen LogP contribution is 2.13. The lowest BCUT2D eigenvalue weighted by Crippen LogP contribution is -2.44. The Morgan fingerprint density at radius 2 is 1.87 bits per heavy atom. The fourth-order valence-electron chi connectivity index (χ4n) is 1.01. The SMILES string of the molecule is COCCCOCCN(C)C(C)(C)CCl. The van der Waals surface area contributed by atoms with E-state index in [0.29, 0.717) is 5.88 Å². The first-order valence-corrected chi connectivity index (χ1v) is 5.92. The third-order valence-corrected chi connectivity index (χ3v) is 3.22. The lowest BCUT2D eigenvalue weighted by Gasteiger charge is -2.33. The van der Waals surface area contributed by atoms with Gasteiger partial charge in [-0.1, -0.05) is 0 Å². The minimum atomic E-state index is 0.0391. The van der Waals surface area contributed by atoms with Crippen LogP contribution in [-0.4, -0.2) is 56.8 Å². The molecule has 0 radical (unpaired) electrons. The Labute approximate surface area is 98.7 Å². The predicted octanol–water partition coefficient (Wildman–Crippen LogP) is 1.99. The van der Waals surface area contributed by atoms with Crippen LogP contribution in [0.15, 0.2) is 0 Å². The molecule has 0 aromatic rings. The van der Waals surface area contributed by atoms with Crippen LogP contribution < -0.4 is 0 Å². The minimum absolute atomic E-state index is 0.0391. The maximum absolute atomic E-state index is 5.87. The van der Waals surface area contributed by atoms with Gasteiger partial charge in [0, 0.05) is 38.3 Å². The average molecular weight is 238 g/mol. The first-order chi connectivity index (χ1) is 7.04. The first kappa shape index (κ1) is 15.2. The molecule has 0 unspecified atom stereocenters. The van der Waals surface area contributed by atoms with Gasteiger partial charge in [-0.3, -0.25) is 4.90 Å². The molecule has 0 amide bonds. The van der Waals surface area contributed by atoms with E-state index in [0.717, 1.165) is 32.8 Å². The van der Waals surface area contributed by atoms with E-state index >= 15 is 0 Å². The summed E-state index contributed by atoms with van der Waals surface area (Å²) in [4.78, 5) is 2.22. The van der Waals surface area contributed by atoms with Crippen LogP contribution in [0.4, 0.5) is 0 Å². The molecule has 0 atom stereocenters. The highest BCUT2D eigenvalue weighted by atomic mass is 35.5. The minimum Gasteiger partial charge on any atom is -0.385 e. The van der Waals surface area contributed by atoms with E-state index < -0.39 is 0 Å². The average Bonchev–Trinajstić information content (AvgIpc) is 2.22. The largest absolute Gasteiger partial charge is 0.385 e. The van der Waals surface area contributed by atoms with Gasteiger partial charge in [-0.2, -0.15) is 0 Å². The number of hydrogen-bond donors (Lipinski definition) is 0. The van der Waals surface area contributed by atoms with Gasteiger partial charge in [0.25, 0.3) is 0 Å². The molecule has 15 heavy (non-hydrogen) atoms. The monoisotopic (exact) mass is 237 g/mol. The molecule has 0 bridgehead atoms. The molecule has 0 aromatic heterocycles. The van der Waals surface area contributed by atoms with E-state index in [1.54, 1.807) is 7.11 Å². The molecule has 0 spiro atoms. The third kappa shape index (κ3) is 7.12. The van der Waals surface area contributed by atoms with Gasteiger partial charge in [-0.25, -0.2) is 0 Å². The number of ether oxygens (including phenoxy) is 2. The normalized spacial score (nSPS) is 12.4. The second-order valence-corrected chi connectivity index (χ2v) is 4.59. The summed E-state index contributed by atoms with van der Waals surface area (Å²) >= 11 is 5.87. The Morgan fingerprint density at radius 3 is 2.40 bits per heavy atom. The quantitative estimate of drug-likeness (QED) is 0.452. The second kappa shape index (κ2) is 8.34. The molecular formula is C11H24ClNO2. The van der Waals surface area contributed by atoms with E-state index in [1.165, 1.54) is 0 Å². The number of rotatable bonds is 9. The Balaban J connectivity index is 3.43. The van der Waals surface area contributed by atoms with E-state index in [1.807, 2.05) is 0 Å². The Bertz CT molecular complexity index is 154. The van der Waals surface area contributed by atoms with Crippen molar-refractivity contribution in [3.63, 3.8) is 0 Å². The van der Waals surface area contributed by atoms with Gasteiger partial charge in [-0.15, -0.1) is 11.6 Å². The van der Waals surface area contributed by atoms with E-state index in [2.05, 4.69) is 25.8 Å². The summed E-state index contributed by atoms with van der Waals surface area (Å²) in [5.74, 6) is 0.632. The number of likely N-dealkylation sites (N-methyl/N-ethyl adjacent to an activating group) is 1. The van der Waals surface area contributed by atoms with Crippen LogP contribution in [0.25, 0.3) is 0 Å². The molecule has 4 heteroatoms. The smallest absolute Gasteiger partial charge is 0.0593 e. The summed E-state index contributed by atoms with van der Waals surface area (Å²) in [6, 6.07) is 0. The van der Waals surface area contributed by atoms with Gasteiger partial charge < -0.3 is 9.47 Å². The highest BCUT2D eigenvalue weighted by molar-refractivity contribution is 6.18. The van der Waals surface area contributed by atoms with Crippen LogP contribution >= 0.6 is 11.6 Å². The molecule has 0 aliphatic carbocycles. The molecule has 3 nitrogen and oxygen atoms in total. The van der Waals surface area contributed by atoms with Crippen molar-refractivity contribution in [3.05, 3.63) is 0 Å². The summed E-state index contributed by atoms with van der Waals surface area (Å²) in [5, 5.41) is 0. The maximum Gasteiger partial charge on any atom is 0.0593 e. The van der Waals surface area contributed by atoms with Crippen LogP contribution in [0.1, 0.15) is 20.3 Å². The van der Waals surface area contributed by atoms with Crippen molar-refractivity contribution < 1.29 is 9.47 Å². The zero-order valence-corrected chi connectivity index (χ0v) is 11.1. The molecular weight excluding hydrogens is 214 g/mol. The standard InChI is InChI=1S/C11H24ClNO2/c1-11(2,10-12)13(3)6-9-15-8-5-7-14-4/h5-10H2,1-4H3. The molecule has 0 saturated carbocycles. The van der Waals surface area contributed by atoms with Crippen molar-refractivity contribution in [2.24, 2.45) is 0 Å². The van der Waals surface area contributed by atoms with Crippen LogP contribution in [0.5, 0.6) is 0 Å². The molecule has 0 fully saturated rings.